The summed E-state index contributed by atoms with van der Waals surface area (Å²) in [5, 5.41) is 1.97. The zero-order valence-corrected chi connectivity index (χ0v) is 16.1. The lowest BCUT2D eigenvalue weighted by Crippen LogP contribution is -2.33. The molecule has 5 nitrogen and oxygen atoms in total. The summed E-state index contributed by atoms with van der Waals surface area (Å²) >= 11 is 0.729. The van der Waals surface area contributed by atoms with E-state index in [4.69, 9.17) is 4.74 Å². The minimum Gasteiger partial charge on any atom is -0.493 e. The van der Waals surface area contributed by atoms with Crippen LogP contribution in [-0.4, -0.2) is 29.3 Å². The number of amides is 2. The van der Waals surface area contributed by atoms with Gasteiger partial charge in [-0.15, -0.1) is 0 Å². The molecule has 2 aromatic carbocycles. The molecule has 0 saturated carbocycles. The first-order valence-corrected chi connectivity index (χ1v) is 9.50. The fraction of sp³-hybridized carbons (Fsp3) is 0.200. The molecule has 2 aromatic rings. The van der Waals surface area contributed by atoms with E-state index in [1.165, 1.54) is 18.2 Å². The molecule has 152 valence electrons. The number of halogens is 3. The van der Waals surface area contributed by atoms with Gasteiger partial charge in [0.25, 0.3) is 11.1 Å². The average molecular weight is 422 g/mol. The Morgan fingerprint density at radius 2 is 1.79 bits per heavy atom. The van der Waals surface area contributed by atoms with Gasteiger partial charge in [0.1, 0.15) is 5.75 Å². The van der Waals surface area contributed by atoms with Gasteiger partial charge in [0.2, 0.25) is 0 Å². The van der Waals surface area contributed by atoms with Gasteiger partial charge in [0.05, 0.1) is 23.7 Å². The molecule has 1 aliphatic rings. The third-order valence-electron chi connectivity index (χ3n) is 4.04. The molecule has 1 aliphatic heterocycles. The van der Waals surface area contributed by atoms with Crippen LogP contribution in [0.25, 0.3) is 6.08 Å². The van der Waals surface area contributed by atoms with E-state index >= 15 is 0 Å². The number of nitrogens with one attached hydrogen (secondary N) is 1. The minimum absolute atomic E-state index is 0.174. The predicted molar refractivity (Wildman–Crippen MR) is 105 cm³/mol. The van der Waals surface area contributed by atoms with Crippen molar-refractivity contribution in [3.05, 3.63) is 64.6 Å². The SMILES string of the molecule is CCOc1ccccc1C=C1SC(=O)N(CNc2ccccc2C(F)(F)F)C1=O. The molecular formula is C20H17F3N2O3S. The Bertz CT molecular complexity index is 960. The number of carbonyl (C=O) groups excluding carboxylic acids is 2. The van der Waals surface area contributed by atoms with Gasteiger partial charge >= 0.3 is 6.18 Å². The molecule has 29 heavy (non-hydrogen) atoms. The second-order valence-corrected chi connectivity index (χ2v) is 6.95. The molecule has 0 spiro atoms. The number of thioether (sulfide) groups is 1. The maximum Gasteiger partial charge on any atom is 0.418 e. The van der Waals surface area contributed by atoms with Crippen LogP contribution in [0.4, 0.5) is 23.7 Å². The fourth-order valence-electron chi connectivity index (χ4n) is 2.71. The number of nitrogens with zero attached hydrogens (tertiary/aromatic N) is 1. The van der Waals surface area contributed by atoms with Crippen LogP contribution < -0.4 is 10.1 Å². The standard InChI is InChI=1S/C20H17F3N2O3S/c1-2-28-16-10-6-3-7-13(16)11-17-18(26)25(19(27)29-17)12-24-15-9-5-4-8-14(15)20(21,22)23/h3-11,24H,2,12H2,1H3. The van der Waals surface area contributed by atoms with Crippen LogP contribution in [0.3, 0.4) is 0 Å². The molecule has 1 heterocycles. The lowest BCUT2D eigenvalue weighted by atomic mass is 10.1. The highest BCUT2D eigenvalue weighted by Gasteiger charge is 2.36. The number of benzene rings is 2. The van der Waals surface area contributed by atoms with Crippen LogP contribution in [0.15, 0.2) is 53.4 Å². The molecule has 0 aromatic heterocycles. The lowest BCUT2D eigenvalue weighted by Gasteiger charge is -2.18. The Morgan fingerprint density at radius 1 is 1.10 bits per heavy atom. The molecule has 3 rings (SSSR count). The quantitative estimate of drug-likeness (QED) is 0.648. The van der Waals surface area contributed by atoms with Gasteiger partial charge in [-0.1, -0.05) is 30.3 Å². The molecule has 0 aliphatic carbocycles. The molecule has 1 saturated heterocycles. The van der Waals surface area contributed by atoms with Gasteiger partial charge in [0, 0.05) is 11.3 Å². The molecule has 1 fully saturated rings. The van der Waals surface area contributed by atoms with Gasteiger partial charge in [-0.3, -0.25) is 14.5 Å². The molecule has 0 unspecified atom stereocenters. The smallest absolute Gasteiger partial charge is 0.418 e. The van der Waals surface area contributed by atoms with Crippen molar-refractivity contribution in [3.8, 4) is 5.75 Å². The van der Waals surface area contributed by atoms with Gasteiger partial charge < -0.3 is 10.1 Å². The first-order chi connectivity index (χ1) is 13.8. The number of imide groups is 1. The number of hydrogen-bond donors (Lipinski definition) is 1. The average Bonchev–Trinajstić information content (AvgIpc) is 2.94. The number of carbonyl (C=O) groups is 2. The lowest BCUT2D eigenvalue weighted by molar-refractivity contribution is -0.137. The van der Waals surface area contributed by atoms with Crippen molar-refractivity contribution in [3.63, 3.8) is 0 Å². The van der Waals surface area contributed by atoms with E-state index < -0.39 is 22.9 Å². The Kier molecular flexibility index (Phi) is 6.17. The van der Waals surface area contributed by atoms with Crippen LogP contribution in [0.2, 0.25) is 0 Å². The van der Waals surface area contributed by atoms with E-state index in [-0.39, 0.29) is 17.3 Å². The van der Waals surface area contributed by atoms with Crippen LogP contribution in [0.1, 0.15) is 18.1 Å². The highest BCUT2D eigenvalue weighted by Crippen LogP contribution is 2.36. The summed E-state index contributed by atoms with van der Waals surface area (Å²) < 4.78 is 44.8. The number of ether oxygens (including phenoxy) is 1. The van der Waals surface area contributed by atoms with Crippen LogP contribution >= 0.6 is 11.8 Å². The van der Waals surface area contributed by atoms with Gasteiger partial charge in [-0.05, 0) is 43.0 Å². The number of para-hydroxylation sites is 2. The Morgan fingerprint density at radius 3 is 2.52 bits per heavy atom. The van der Waals surface area contributed by atoms with E-state index in [0.717, 1.165) is 22.7 Å². The Balaban J connectivity index is 1.77. The highest BCUT2D eigenvalue weighted by atomic mass is 32.2. The third-order valence-corrected chi connectivity index (χ3v) is 4.95. The topological polar surface area (TPSA) is 58.6 Å². The van der Waals surface area contributed by atoms with Gasteiger partial charge in [0.15, 0.2) is 0 Å². The number of hydrogen-bond acceptors (Lipinski definition) is 5. The van der Waals surface area contributed by atoms with Crippen molar-refractivity contribution in [2.24, 2.45) is 0 Å². The summed E-state index contributed by atoms with van der Waals surface area (Å²) in [7, 11) is 0. The van der Waals surface area contributed by atoms with E-state index in [1.807, 2.05) is 6.92 Å². The number of rotatable bonds is 6. The van der Waals surface area contributed by atoms with Crippen molar-refractivity contribution in [2.75, 3.05) is 18.6 Å². The minimum atomic E-state index is -4.55. The summed E-state index contributed by atoms with van der Waals surface area (Å²) in [5.41, 5.74) is -0.437. The summed E-state index contributed by atoms with van der Waals surface area (Å²) in [5.74, 6) is -0.0117. The van der Waals surface area contributed by atoms with Gasteiger partial charge in [-0.25, -0.2) is 0 Å². The second kappa shape index (κ2) is 8.60. The Labute approximate surface area is 169 Å². The highest BCUT2D eigenvalue weighted by molar-refractivity contribution is 8.18. The van der Waals surface area contributed by atoms with Crippen molar-refractivity contribution in [2.45, 2.75) is 13.1 Å². The molecule has 9 heteroatoms. The van der Waals surface area contributed by atoms with E-state index in [2.05, 4.69) is 5.32 Å². The summed E-state index contributed by atoms with van der Waals surface area (Å²) in [4.78, 5) is 25.9. The molecule has 2 amide bonds. The van der Waals surface area contributed by atoms with E-state index in [1.54, 1.807) is 30.3 Å². The first-order valence-electron chi connectivity index (χ1n) is 8.68. The molecule has 0 atom stereocenters. The number of alkyl halides is 3. The van der Waals surface area contributed by atoms with E-state index in [9.17, 15) is 22.8 Å². The van der Waals surface area contributed by atoms with Gasteiger partial charge in [-0.2, -0.15) is 13.2 Å². The molecule has 1 N–H and O–H groups in total. The van der Waals surface area contributed by atoms with Crippen molar-refractivity contribution in [1.29, 1.82) is 0 Å². The molecule has 0 bridgehead atoms. The fourth-order valence-corrected chi connectivity index (χ4v) is 3.54. The zero-order chi connectivity index (χ0) is 21.0. The summed E-state index contributed by atoms with van der Waals surface area (Å²) in [6.45, 7) is 1.90. The summed E-state index contributed by atoms with van der Waals surface area (Å²) in [6, 6.07) is 11.9. The number of anilines is 1. The van der Waals surface area contributed by atoms with Crippen molar-refractivity contribution >= 4 is 34.7 Å². The normalized spacial score (nSPS) is 15.9. The first kappa shape index (κ1) is 20.8. The molecule has 0 radical (unpaired) electrons. The Hall–Kier alpha value is -2.94. The third kappa shape index (κ3) is 4.73. The van der Waals surface area contributed by atoms with Crippen molar-refractivity contribution < 1.29 is 27.5 Å². The molecular weight excluding hydrogens is 405 g/mol. The predicted octanol–water partition coefficient (Wildman–Crippen LogP) is 5.21. The maximum absolute atomic E-state index is 13.1. The second-order valence-electron chi connectivity index (χ2n) is 5.96. The summed E-state index contributed by atoms with van der Waals surface area (Å²) in [6.07, 6.45) is -3.01. The monoisotopic (exact) mass is 422 g/mol. The van der Waals surface area contributed by atoms with E-state index in [0.29, 0.717) is 17.9 Å². The van der Waals surface area contributed by atoms with Crippen molar-refractivity contribution in [1.82, 2.24) is 4.90 Å². The van der Waals surface area contributed by atoms with Crippen LogP contribution in [-0.2, 0) is 11.0 Å². The maximum atomic E-state index is 13.1. The van der Waals surface area contributed by atoms with Crippen LogP contribution in [0.5, 0.6) is 5.75 Å². The zero-order valence-electron chi connectivity index (χ0n) is 15.3. The van der Waals surface area contributed by atoms with Crippen LogP contribution in [0, 0.1) is 0 Å². The largest absolute Gasteiger partial charge is 0.493 e.